The van der Waals surface area contributed by atoms with Crippen molar-refractivity contribution < 1.29 is 13.5 Å². The number of rotatable bonds is 4. The van der Waals surface area contributed by atoms with Gasteiger partial charge in [0.2, 0.25) is 0 Å². The summed E-state index contributed by atoms with van der Waals surface area (Å²) in [5.41, 5.74) is 0.295. The number of likely N-dealkylation sites (tertiary alicyclic amines) is 1. The van der Waals surface area contributed by atoms with Gasteiger partial charge >= 0.3 is 0 Å². The number of nitrogens with one attached hydrogen (secondary N) is 1. The fourth-order valence-corrected chi connectivity index (χ4v) is 2.58. The maximum atomic E-state index is 13.6. The molecule has 1 fully saturated rings. The van der Waals surface area contributed by atoms with Crippen molar-refractivity contribution in [3.8, 4) is 0 Å². The van der Waals surface area contributed by atoms with Crippen molar-refractivity contribution in [2.75, 3.05) is 33.9 Å². The van der Waals surface area contributed by atoms with Gasteiger partial charge in [0.05, 0.1) is 6.61 Å². The van der Waals surface area contributed by atoms with Gasteiger partial charge < -0.3 is 15.0 Å². The van der Waals surface area contributed by atoms with E-state index in [0.29, 0.717) is 17.4 Å². The van der Waals surface area contributed by atoms with Crippen LogP contribution in [0.15, 0.2) is 23.2 Å². The molecule has 0 saturated carbocycles. The minimum absolute atomic E-state index is 0.210. The maximum absolute atomic E-state index is 13.6. The molecule has 4 nitrogen and oxygen atoms in total. The standard InChI is InChI=1S/C15H21F2N3O/c1-18-15(20-6-5-11(9-20)10-21-2)19-8-12-7-13(16)3-4-14(12)17/h3-4,7,11H,5-6,8-10H2,1-2H3,(H,18,19). The maximum Gasteiger partial charge on any atom is 0.193 e. The van der Waals surface area contributed by atoms with Gasteiger partial charge in [-0.1, -0.05) is 0 Å². The summed E-state index contributed by atoms with van der Waals surface area (Å²) in [5, 5.41) is 3.09. The quantitative estimate of drug-likeness (QED) is 0.682. The Morgan fingerprint density at radius 2 is 2.29 bits per heavy atom. The predicted molar refractivity (Wildman–Crippen MR) is 78.1 cm³/mol. The number of halogens is 2. The minimum atomic E-state index is -0.440. The number of hydrogen-bond donors (Lipinski definition) is 1. The van der Waals surface area contributed by atoms with Gasteiger partial charge in [0.25, 0.3) is 0 Å². The molecular weight excluding hydrogens is 276 g/mol. The molecule has 0 spiro atoms. The second-order valence-corrected chi connectivity index (χ2v) is 5.19. The van der Waals surface area contributed by atoms with E-state index in [1.54, 1.807) is 14.2 Å². The Morgan fingerprint density at radius 1 is 1.48 bits per heavy atom. The van der Waals surface area contributed by atoms with Gasteiger partial charge in [0.1, 0.15) is 11.6 Å². The number of benzene rings is 1. The van der Waals surface area contributed by atoms with E-state index < -0.39 is 11.6 Å². The Morgan fingerprint density at radius 3 is 3.00 bits per heavy atom. The molecule has 0 radical (unpaired) electrons. The lowest BCUT2D eigenvalue weighted by Crippen LogP contribution is -2.40. The number of aliphatic imine (C=N–C) groups is 1. The smallest absolute Gasteiger partial charge is 0.193 e. The van der Waals surface area contributed by atoms with E-state index in [4.69, 9.17) is 4.74 Å². The van der Waals surface area contributed by atoms with Crippen LogP contribution in [0.2, 0.25) is 0 Å². The molecule has 0 bridgehead atoms. The molecule has 21 heavy (non-hydrogen) atoms. The van der Waals surface area contributed by atoms with Gasteiger partial charge in [-0.3, -0.25) is 4.99 Å². The summed E-state index contributed by atoms with van der Waals surface area (Å²) in [6.07, 6.45) is 1.04. The van der Waals surface area contributed by atoms with Crippen molar-refractivity contribution in [2.24, 2.45) is 10.9 Å². The molecule has 0 aromatic heterocycles. The first-order valence-electron chi connectivity index (χ1n) is 7.02. The van der Waals surface area contributed by atoms with Gasteiger partial charge in [-0.2, -0.15) is 0 Å². The monoisotopic (exact) mass is 297 g/mol. The van der Waals surface area contributed by atoms with Gasteiger partial charge in [-0.25, -0.2) is 8.78 Å². The fraction of sp³-hybridized carbons (Fsp3) is 0.533. The number of methoxy groups -OCH3 is 1. The first-order valence-corrected chi connectivity index (χ1v) is 7.02. The van der Waals surface area contributed by atoms with Crippen molar-refractivity contribution in [2.45, 2.75) is 13.0 Å². The van der Waals surface area contributed by atoms with Crippen molar-refractivity contribution in [1.82, 2.24) is 10.2 Å². The van der Waals surface area contributed by atoms with Crippen molar-refractivity contribution >= 4 is 5.96 Å². The van der Waals surface area contributed by atoms with E-state index >= 15 is 0 Å². The van der Waals surface area contributed by atoms with E-state index in [1.807, 2.05) is 0 Å². The van der Waals surface area contributed by atoms with Crippen LogP contribution in [0.4, 0.5) is 8.78 Å². The second-order valence-electron chi connectivity index (χ2n) is 5.19. The Kier molecular flexibility index (Phi) is 5.50. The van der Waals surface area contributed by atoms with Gasteiger partial charge in [0.15, 0.2) is 5.96 Å². The fourth-order valence-electron chi connectivity index (χ4n) is 2.58. The number of nitrogens with zero attached hydrogens (tertiary/aromatic N) is 2. The van der Waals surface area contributed by atoms with E-state index in [1.165, 1.54) is 6.07 Å². The van der Waals surface area contributed by atoms with E-state index in [-0.39, 0.29) is 6.54 Å². The Balaban J connectivity index is 1.93. The topological polar surface area (TPSA) is 36.9 Å². The summed E-state index contributed by atoms with van der Waals surface area (Å²) in [6.45, 7) is 2.69. The van der Waals surface area contributed by atoms with Crippen LogP contribution in [-0.4, -0.2) is 44.7 Å². The lowest BCUT2D eigenvalue weighted by atomic mass is 10.1. The lowest BCUT2D eigenvalue weighted by Gasteiger charge is -2.21. The minimum Gasteiger partial charge on any atom is -0.384 e. The SMILES string of the molecule is CN=C(NCc1cc(F)ccc1F)N1CCC(COC)C1. The summed E-state index contributed by atoms with van der Waals surface area (Å²) in [6, 6.07) is 3.45. The van der Waals surface area contributed by atoms with Crippen LogP contribution in [0.1, 0.15) is 12.0 Å². The van der Waals surface area contributed by atoms with Gasteiger partial charge in [-0.15, -0.1) is 0 Å². The van der Waals surface area contributed by atoms with Gasteiger partial charge in [0, 0.05) is 45.3 Å². The van der Waals surface area contributed by atoms with Crippen LogP contribution in [0.25, 0.3) is 0 Å². The number of ether oxygens (including phenoxy) is 1. The van der Waals surface area contributed by atoms with Crippen molar-refractivity contribution in [3.05, 3.63) is 35.4 Å². The van der Waals surface area contributed by atoms with Crippen LogP contribution < -0.4 is 5.32 Å². The zero-order valence-corrected chi connectivity index (χ0v) is 12.4. The first kappa shape index (κ1) is 15.7. The zero-order chi connectivity index (χ0) is 15.2. The molecule has 1 unspecified atom stereocenters. The molecule has 1 aromatic carbocycles. The van der Waals surface area contributed by atoms with Crippen LogP contribution in [-0.2, 0) is 11.3 Å². The van der Waals surface area contributed by atoms with Crippen LogP contribution >= 0.6 is 0 Å². The Bertz CT molecular complexity index is 508. The average Bonchev–Trinajstić information content (AvgIpc) is 2.92. The molecule has 6 heteroatoms. The van der Waals surface area contributed by atoms with E-state index in [9.17, 15) is 8.78 Å². The molecule has 0 amide bonds. The largest absolute Gasteiger partial charge is 0.384 e. The molecule has 1 atom stereocenters. The summed E-state index contributed by atoms with van der Waals surface area (Å²) in [4.78, 5) is 6.32. The van der Waals surface area contributed by atoms with Crippen LogP contribution in [0, 0.1) is 17.6 Å². The van der Waals surface area contributed by atoms with E-state index in [0.717, 1.165) is 38.2 Å². The Labute approximate surface area is 123 Å². The highest BCUT2D eigenvalue weighted by Crippen LogP contribution is 2.16. The van der Waals surface area contributed by atoms with Crippen molar-refractivity contribution in [3.63, 3.8) is 0 Å². The van der Waals surface area contributed by atoms with E-state index in [2.05, 4.69) is 15.2 Å². The zero-order valence-electron chi connectivity index (χ0n) is 12.4. The summed E-state index contributed by atoms with van der Waals surface area (Å²) in [7, 11) is 3.39. The average molecular weight is 297 g/mol. The molecule has 1 aliphatic heterocycles. The number of guanidine groups is 1. The second kappa shape index (κ2) is 7.36. The summed E-state index contributed by atoms with van der Waals surface area (Å²) in [5.74, 6) is 0.333. The highest BCUT2D eigenvalue weighted by molar-refractivity contribution is 5.80. The number of hydrogen-bond acceptors (Lipinski definition) is 2. The van der Waals surface area contributed by atoms with Crippen molar-refractivity contribution in [1.29, 1.82) is 0 Å². The molecule has 1 saturated heterocycles. The first-order chi connectivity index (χ1) is 10.1. The van der Waals surface area contributed by atoms with Crippen LogP contribution in [0.3, 0.4) is 0 Å². The third-order valence-electron chi connectivity index (χ3n) is 3.64. The van der Waals surface area contributed by atoms with Crippen LogP contribution in [0.5, 0.6) is 0 Å². The molecule has 2 rings (SSSR count). The normalized spacial score (nSPS) is 19.1. The van der Waals surface area contributed by atoms with Gasteiger partial charge in [-0.05, 0) is 24.6 Å². The molecule has 1 aromatic rings. The molecule has 0 aliphatic carbocycles. The third-order valence-corrected chi connectivity index (χ3v) is 3.64. The lowest BCUT2D eigenvalue weighted by molar-refractivity contribution is 0.157. The molecule has 1 aliphatic rings. The highest BCUT2D eigenvalue weighted by atomic mass is 19.1. The molecule has 1 N–H and O–H groups in total. The summed E-state index contributed by atoms with van der Waals surface area (Å²) >= 11 is 0. The molecular formula is C15H21F2N3O. The molecule has 1 heterocycles. The highest BCUT2D eigenvalue weighted by Gasteiger charge is 2.24. The third kappa shape index (κ3) is 4.14. The predicted octanol–water partition coefficient (Wildman–Crippen LogP) is 2.01. The molecule has 116 valence electrons. The summed E-state index contributed by atoms with van der Waals surface area (Å²) < 4.78 is 31.9. The Hall–Kier alpha value is -1.69.